The van der Waals surface area contributed by atoms with Crippen molar-refractivity contribution in [3.8, 4) is 11.5 Å². The van der Waals surface area contributed by atoms with Gasteiger partial charge in [-0.15, -0.1) is 0 Å². The van der Waals surface area contributed by atoms with Crippen molar-refractivity contribution < 1.29 is 26.3 Å². The van der Waals surface area contributed by atoms with Crippen LogP contribution in [0.3, 0.4) is 0 Å². The largest absolute Gasteiger partial charge is 0.486 e. The summed E-state index contributed by atoms with van der Waals surface area (Å²) in [6.45, 7) is 1.09. The Balaban J connectivity index is 1.81. The number of benzene rings is 2. The highest BCUT2D eigenvalue weighted by Gasteiger charge is 2.22. The molecule has 0 fully saturated rings. The van der Waals surface area contributed by atoms with Gasteiger partial charge in [0.05, 0.1) is 9.79 Å². The van der Waals surface area contributed by atoms with Gasteiger partial charge in [-0.05, 0) is 42.0 Å². The summed E-state index contributed by atoms with van der Waals surface area (Å²) in [5, 5.41) is 0. The average Bonchev–Trinajstić information content (AvgIpc) is 2.61. The third-order valence-corrected chi connectivity index (χ3v) is 6.92. The molecule has 0 aliphatic carbocycles. The van der Waals surface area contributed by atoms with Crippen molar-refractivity contribution in [1.29, 1.82) is 0 Å². The van der Waals surface area contributed by atoms with Gasteiger partial charge in [0.25, 0.3) is 0 Å². The lowest BCUT2D eigenvalue weighted by atomic mass is 10.2. The Kier molecular flexibility index (Phi) is 4.96. The molecule has 0 N–H and O–H groups in total. The van der Waals surface area contributed by atoms with Crippen molar-refractivity contribution in [1.82, 2.24) is 4.31 Å². The molecular formula is C17H19NO6S2. The third kappa shape index (κ3) is 3.84. The van der Waals surface area contributed by atoms with E-state index < -0.39 is 19.9 Å². The van der Waals surface area contributed by atoms with E-state index in [1.54, 1.807) is 18.2 Å². The van der Waals surface area contributed by atoms with Gasteiger partial charge in [-0.1, -0.05) is 6.07 Å². The van der Waals surface area contributed by atoms with Crippen LogP contribution in [0.5, 0.6) is 11.5 Å². The summed E-state index contributed by atoms with van der Waals surface area (Å²) in [4.78, 5) is 0.107. The number of ether oxygens (including phenoxy) is 2. The smallest absolute Gasteiger partial charge is 0.243 e. The molecule has 0 atom stereocenters. The van der Waals surface area contributed by atoms with E-state index in [2.05, 4.69) is 0 Å². The summed E-state index contributed by atoms with van der Waals surface area (Å²) in [6, 6.07) is 10.5. The zero-order valence-electron chi connectivity index (χ0n) is 14.4. The third-order valence-electron chi connectivity index (χ3n) is 3.97. The highest BCUT2D eigenvalue weighted by molar-refractivity contribution is 7.90. The number of sulfonamides is 1. The van der Waals surface area contributed by atoms with E-state index in [1.165, 1.54) is 35.6 Å². The van der Waals surface area contributed by atoms with Crippen LogP contribution in [0.2, 0.25) is 0 Å². The molecule has 0 saturated heterocycles. The van der Waals surface area contributed by atoms with Gasteiger partial charge in [-0.25, -0.2) is 16.8 Å². The van der Waals surface area contributed by atoms with Gasteiger partial charge >= 0.3 is 0 Å². The van der Waals surface area contributed by atoms with Gasteiger partial charge in [0.1, 0.15) is 13.2 Å². The molecule has 2 aromatic rings. The first kappa shape index (κ1) is 18.7. The van der Waals surface area contributed by atoms with Gasteiger partial charge in [0, 0.05) is 19.8 Å². The minimum atomic E-state index is -3.75. The highest BCUT2D eigenvalue weighted by Crippen LogP contribution is 2.31. The minimum Gasteiger partial charge on any atom is -0.486 e. The highest BCUT2D eigenvalue weighted by atomic mass is 32.2. The summed E-state index contributed by atoms with van der Waals surface area (Å²) in [5.74, 6) is 1.24. The first-order valence-electron chi connectivity index (χ1n) is 7.83. The van der Waals surface area contributed by atoms with Crippen LogP contribution in [0.25, 0.3) is 0 Å². The zero-order valence-corrected chi connectivity index (χ0v) is 16.0. The van der Waals surface area contributed by atoms with Crippen molar-refractivity contribution in [3.05, 3.63) is 48.0 Å². The molecule has 7 nitrogen and oxygen atoms in total. The molecule has 26 heavy (non-hydrogen) atoms. The number of nitrogens with zero attached hydrogens (tertiary/aromatic N) is 1. The van der Waals surface area contributed by atoms with Gasteiger partial charge in [0.15, 0.2) is 21.3 Å². The fraction of sp³-hybridized carbons (Fsp3) is 0.294. The first-order chi connectivity index (χ1) is 12.2. The minimum absolute atomic E-state index is 0.0324. The van der Waals surface area contributed by atoms with Gasteiger partial charge in [0.2, 0.25) is 10.0 Å². The average molecular weight is 397 g/mol. The van der Waals surface area contributed by atoms with Gasteiger partial charge < -0.3 is 9.47 Å². The molecule has 0 unspecified atom stereocenters. The Morgan fingerprint density at radius 3 is 2.08 bits per heavy atom. The van der Waals surface area contributed by atoms with E-state index in [4.69, 9.17) is 9.47 Å². The molecule has 0 aromatic heterocycles. The second kappa shape index (κ2) is 6.90. The summed E-state index contributed by atoms with van der Waals surface area (Å²) >= 11 is 0. The zero-order chi connectivity index (χ0) is 18.9. The molecule has 1 aliphatic rings. The Bertz CT molecular complexity index is 1010. The van der Waals surface area contributed by atoms with Crippen LogP contribution < -0.4 is 9.47 Å². The Hall–Kier alpha value is -2.10. The topological polar surface area (TPSA) is 90.0 Å². The molecule has 9 heteroatoms. The quantitative estimate of drug-likeness (QED) is 0.763. The monoisotopic (exact) mass is 397 g/mol. The number of hydrogen-bond acceptors (Lipinski definition) is 6. The number of sulfone groups is 1. The van der Waals surface area contributed by atoms with Crippen molar-refractivity contribution in [2.24, 2.45) is 0 Å². The fourth-order valence-corrected chi connectivity index (χ4v) is 4.36. The van der Waals surface area contributed by atoms with Crippen LogP contribution >= 0.6 is 0 Å². The molecular weight excluding hydrogens is 378 g/mol. The normalized spacial score (nSPS) is 14.4. The lowest BCUT2D eigenvalue weighted by molar-refractivity contribution is 0.171. The summed E-state index contributed by atoms with van der Waals surface area (Å²) in [7, 11) is -5.66. The van der Waals surface area contributed by atoms with Crippen LogP contribution in [-0.4, -0.2) is 47.7 Å². The van der Waals surface area contributed by atoms with Crippen LogP contribution in [-0.2, 0) is 26.4 Å². The Morgan fingerprint density at radius 2 is 1.46 bits per heavy atom. The molecule has 3 rings (SSSR count). The molecule has 140 valence electrons. The van der Waals surface area contributed by atoms with Crippen LogP contribution in [0.4, 0.5) is 0 Å². The first-order valence-corrected chi connectivity index (χ1v) is 11.2. The molecule has 0 bridgehead atoms. The summed E-state index contributed by atoms with van der Waals surface area (Å²) in [6.07, 6.45) is 1.07. The molecule has 0 saturated carbocycles. The van der Waals surface area contributed by atoms with Crippen molar-refractivity contribution in [2.45, 2.75) is 16.3 Å². The summed E-state index contributed by atoms with van der Waals surface area (Å²) in [5.41, 5.74) is 0.757. The second-order valence-corrected chi connectivity index (χ2v) is 10.0. The van der Waals surface area contributed by atoms with Crippen molar-refractivity contribution in [2.75, 3.05) is 26.5 Å². The van der Waals surface area contributed by atoms with E-state index >= 15 is 0 Å². The molecule has 1 heterocycles. The predicted octanol–water partition coefficient (Wildman–Crippen LogP) is 1.68. The molecule has 1 aliphatic heterocycles. The van der Waals surface area contributed by atoms with Crippen molar-refractivity contribution in [3.63, 3.8) is 0 Å². The number of fused-ring (bicyclic) bond motifs is 1. The van der Waals surface area contributed by atoms with Crippen LogP contribution in [0, 0.1) is 0 Å². The lowest BCUT2D eigenvalue weighted by Gasteiger charge is -2.21. The van der Waals surface area contributed by atoms with E-state index in [9.17, 15) is 16.8 Å². The molecule has 2 aromatic carbocycles. The van der Waals surface area contributed by atoms with E-state index in [-0.39, 0.29) is 16.3 Å². The summed E-state index contributed by atoms with van der Waals surface area (Å²) < 4.78 is 60.6. The Labute approximate surface area is 153 Å². The molecule has 0 amide bonds. The number of rotatable bonds is 5. The predicted molar refractivity (Wildman–Crippen MR) is 95.6 cm³/mol. The fourth-order valence-electron chi connectivity index (χ4n) is 2.57. The second-order valence-electron chi connectivity index (χ2n) is 5.98. The van der Waals surface area contributed by atoms with Crippen LogP contribution in [0.1, 0.15) is 5.56 Å². The van der Waals surface area contributed by atoms with E-state index in [0.29, 0.717) is 24.7 Å². The molecule has 0 radical (unpaired) electrons. The van der Waals surface area contributed by atoms with Crippen molar-refractivity contribution >= 4 is 19.9 Å². The van der Waals surface area contributed by atoms with Gasteiger partial charge in [-0.2, -0.15) is 4.31 Å². The lowest BCUT2D eigenvalue weighted by Crippen LogP contribution is -2.26. The maximum atomic E-state index is 12.7. The van der Waals surface area contributed by atoms with E-state index in [0.717, 1.165) is 11.8 Å². The van der Waals surface area contributed by atoms with Crippen LogP contribution in [0.15, 0.2) is 52.3 Å². The SMILES string of the molecule is CN(Cc1ccc2c(c1)OCCO2)S(=O)(=O)c1ccc(S(C)(=O)=O)cc1. The van der Waals surface area contributed by atoms with Gasteiger partial charge in [-0.3, -0.25) is 0 Å². The standard InChI is InChI=1S/C17H19NO6S2/c1-18(12-13-3-8-16-17(11-13)24-10-9-23-16)26(21,22)15-6-4-14(5-7-15)25(2,19)20/h3-8,11H,9-10,12H2,1-2H3. The van der Waals surface area contributed by atoms with E-state index in [1.807, 2.05) is 0 Å². The maximum Gasteiger partial charge on any atom is 0.243 e. The maximum absolute atomic E-state index is 12.7. The molecule has 0 spiro atoms. The Morgan fingerprint density at radius 1 is 0.885 bits per heavy atom. The number of hydrogen-bond donors (Lipinski definition) is 0.